The van der Waals surface area contributed by atoms with E-state index in [1.807, 2.05) is 0 Å². The molecule has 0 aliphatic rings. The van der Waals surface area contributed by atoms with Crippen molar-refractivity contribution in [2.75, 3.05) is 19.4 Å². The molecule has 0 heterocycles. The highest BCUT2D eigenvalue weighted by Crippen LogP contribution is 1.88. The summed E-state index contributed by atoms with van der Waals surface area (Å²) >= 11 is 0. The second-order valence-corrected chi connectivity index (χ2v) is 4.34. The zero-order valence-corrected chi connectivity index (χ0v) is 8.65. The van der Waals surface area contributed by atoms with Gasteiger partial charge in [-0.2, -0.15) is 0 Å². The number of carboxylic acids is 1. The van der Waals surface area contributed by atoms with Gasteiger partial charge in [0.2, 0.25) is 10.0 Å². The predicted molar refractivity (Wildman–Crippen MR) is 47.4 cm³/mol. The van der Waals surface area contributed by atoms with Crippen LogP contribution < -0.4 is 4.72 Å². The first-order chi connectivity index (χ1) is 6.78. The molecule has 0 bridgehead atoms. The molecule has 0 radical (unpaired) electrons. The van der Waals surface area contributed by atoms with Crippen molar-refractivity contribution in [1.29, 1.82) is 0 Å². The maximum absolute atomic E-state index is 11.0. The Kier molecular flexibility index (Phi) is 5.19. The van der Waals surface area contributed by atoms with Crippen LogP contribution in [0.3, 0.4) is 0 Å². The van der Waals surface area contributed by atoms with E-state index < -0.39 is 40.4 Å². The van der Waals surface area contributed by atoms with Crippen LogP contribution in [0.15, 0.2) is 0 Å². The number of carbonyl (C=O) groups is 2. The third kappa shape index (κ3) is 5.99. The SMILES string of the molecule is COC(=O)CS(=O)(=O)NC[C@H](O)C(=O)O. The number of aliphatic carboxylic acids is 1. The molecule has 1 atom stereocenters. The monoisotopic (exact) mass is 241 g/mol. The number of nitrogens with one attached hydrogen (secondary N) is 1. The minimum atomic E-state index is -3.97. The van der Waals surface area contributed by atoms with Crippen LogP contribution >= 0.6 is 0 Å². The van der Waals surface area contributed by atoms with Crippen molar-refractivity contribution >= 4 is 22.0 Å². The Morgan fingerprint density at radius 2 is 2.00 bits per heavy atom. The number of sulfonamides is 1. The topological polar surface area (TPSA) is 130 Å². The highest BCUT2D eigenvalue weighted by Gasteiger charge is 2.20. The quantitative estimate of drug-likeness (QED) is 0.439. The van der Waals surface area contributed by atoms with Gasteiger partial charge in [-0.3, -0.25) is 4.79 Å². The molecule has 3 N–H and O–H groups in total. The van der Waals surface area contributed by atoms with E-state index in [4.69, 9.17) is 10.2 Å². The molecule has 0 amide bonds. The molecule has 0 aromatic rings. The van der Waals surface area contributed by atoms with Gasteiger partial charge in [-0.1, -0.05) is 0 Å². The standard InChI is InChI=1S/C6H11NO7S/c1-14-5(9)3-15(12,13)7-2-4(8)6(10)11/h4,7-8H,2-3H2,1H3,(H,10,11)/t4-/m0/s1. The molecule has 9 heteroatoms. The van der Waals surface area contributed by atoms with Crippen molar-refractivity contribution in [3.05, 3.63) is 0 Å². The van der Waals surface area contributed by atoms with Crippen LogP contribution in [0, 0.1) is 0 Å². The maximum Gasteiger partial charge on any atom is 0.333 e. The van der Waals surface area contributed by atoms with Gasteiger partial charge in [-0.25, -0.2) is 17.9 Å². The van der Waals surface area contributed by atoms with Crippen LogP contribution in [0.5, 0.6) is 0 Å². The minimum absolute atomic E-state index is 0.700. The number of methoxy groups -OCH3 is 1. The average Bonchev–Trinajstić information content (AvgIpc) is 2.13. The van der Waals surface area contributed by atoms with Crippen LogP contribution in [0.4, 0.5) is 0 Å². The molecule has 0 aromatic heterocycles. The van der Waals surface area contributed by atoms with E-state index in [9.17, 15) is 18.0 Å². The first kappa shape index (κ1) is 13.8. The number of esters is 1. The van der Waals surface area contributed by atoms with Gasteiger partial charge in [0, 0.05) is 6.54 Å². The van der Waals surface area contributed by atoms with Crippen LogP contribution in [0.1, 0.15) is 0 Å². The summed E-state index contributed by atoms with van der Waals surface area (Å²) in [4.78, 5) is 20.7. The van der Waals surface area contributed by atoms with E-state index in [1.165, 1.54) is 0 Å². The molecule has 0 saturated heterocycles. The van der Waals surface area contributed by atoms with Gasteiger partial charge in [-0.15, -0.1) is 0 Å². The van der Waals surface area contributed by atoms with Gasteiger partial charge >= 0.3 is 11.9 Å². The van der Waals surface area contributed by atoms with Crippen LogP contribution in [0.2, 0.25) is 0 Å². The number of rotatable bonds is 6. The maximum atomic E-state index is 11.0. The van der Waals surface area contributed by atoms with Gasteiger partial charge < -0.3 is 14.9 Å². The van der Waals surface area contributed by atoms with E-state index in [1.54, 1.807) is 4.72 Å². The Morgan fingerprint density at radius 3 is 2.40 bits per heavy atom. The first-order valence-electron chi connectivity index (χ1n) is 3.73. The molecule has 0 aromatic carbocycles. The van der Waals surface area contributed by atoms with Crippen LogP contribution in [0.25, 0.3) is 0 Å². The summed E-state index contributed by atoms with van der Waals surface area (Å²) in [7, 11) is -2.95. The van der Waals surface area contributed by atoms with E-state index in [0.717, 1.165) is 7.11 Å². The normalized spacial score (nSPS) is 13.2. The lowest BCUT2D eigenvalue weighted by atomic mass is 10.4. The van der Waals surface area contributed by atoms with Gasteiger partial charge in [0.25, 0.3) is 0 Å². The van der Waals surface area contributed by atoms with Gasteiger partial charge in [-0.05, 0) is 0 Å². The Labute approximate surface area is 85.9 Å². The third-order valence-electron chi connectivity index (χ3n) is 1.32. The highest BCUT2D eigenvalue weighted by molar-refractivity contribution is 7.90. The molecular formula is C6H11NO7S. The lowest BCUT2D eigenvalue weighted by molar-refractivity contribution is -0.146. The third-order valence-corrected chi connectivity index (χ3v) is 2.54. The molecule has 88 valence electrons. The van der Waals surface area contributed by atoms with Crippen molar-refractivity contribution in [2.24, 2.45) is 0 Å². The van der Waals surface area contributed by atoms with Gasteiger partial charge in [0.1, 0.15) is 0 Å². The summed E-state index contributed by atoms with van der Waals surface area (Å²) in [6, 6.07) is 0. The molecule has 15 heavy (non-hydrogen) atoms. The average molecular weight is 241 g/mol. The Morgan fingerprint density at radius 1 is 1.47 bits per heavy atom. The fourth-order valence-electron chi connectivity index (χ4n) is 0.558. The zero-order chi connectivity index (χ0) is 12.1. The fraction of sp³-hybridized carbons (Fsp3) is 0.667. The summed E-state index contributed by atoms with van der Waals surface area (Å²) < 4.78 is 27.9. The second kappa shape index (κ2) is 5.63. The number of carboxylic acid groups (broad SMARTS) is 1. The number of aliphatic hydroxyl groups excluding tert-OH is 1. The van der Waals surface area contributed by atoms with E-state index in [-0.39, 0.29) is 0 Å². The molecule has 0 rings (SSSR count). The minimum Gasteiger partial charge on any atom is -0.479 e. The van der Waals surface area contributed by atoms with Gasteiger partial charge in [0.05, 0.1) is 7.11 Å². The number of hydrogen-bond acceptors (Lipinski definition) is 6. The largest absolute Gasteiger partial charge is 0.479 e. The van der Waals surface area contributed by atoms with Crippen molar-refractivity contribution in [1.82, 2.24) is 4.72 Å². The van der Waals surface area contributed by atoms with Crippen LogP contribution in [-0.4, -0.2) is 56.1 Å². The molecule has 0 spiro atoms. The molecule has 0 fully saturated rings. The first-order valence-corrected chi connectivity index (χ1v) is 5.38. The number of hydrogen-bond donors (Lipinski definition) is 3. The summed E-state index contributed by atoms with van der Waals surface area (Å²) in [6.45, 7) is -0.700. The molecule has 0 unspecified atom stereocenters. The smallest absolute Gasteiger partial charge is 0.333 e. The highest BCUT2D eigenvalue weighted by atomic mass is 32.2. The summed E-state index contributed by atoms with van der Waals surface area (Å²) in [6.07, 6.45) is -1.85. The van der Waals surface area contributed by atoms with Gasteiger partial charge in [0.15, 0.2) is 11.9 Å². The lowest BCUT2D eigenvalue weighted by Crippen LogP contribution is -2.39. The van der Waals surface area contributed by atoms with E-state index >= 15 is 0 Å². The van der Waals surface area contributed by atoms with Crippen molar-refractivity contribution in [3.8, 4) is 0 Å². The van der Waals surface area contributed by atoms with Crippen molar-refractivity contribution < 1.29 is 33.0 Å². The number of ether oxygens (including phenoxy) is 1. The molecular weight excluding hydrogens is 230 g/mol. The molecule has 8 nitrogen and oxygen atoms in total. The van der Waals surface area contributed by atoms with E-state index in [0.29, 0.717) is 0 Å². The summed E-state index contributed by atoms with van der Waals surface area (Å²) in [5.74, 6) is -3.46. The fourth-order valence-corrected chi connectivity index (χ4v) is 1.50. The Bertz CT molecular complexity index is 335. The lowest BCUT2D eigenvalue weighted by Gasteiger charge is -2.07. The molecule has 0 aliphatic carbocycles. The summed E-state index contributed by atoms with van der Waals surface area (Å²) in [5.41, 5.74) is 0. The Hall–Kier alpha value is -1.19. The number of aliphatic hydroxyl groups is 1. The van der Waals surface area contributed by atoms with Crippen molar-refractivity contribution in [3.63, 3.8) is 0 Å². The predicted octanol–water partition coefficient (Wildman–Crippen LogP) is -2.48. The Balaban J connectivity index is 4.17. The summed E-state index contributed by atoms with van der Waals surface area (Å²) in [5, 5.41) is 17.0. The zero-order valence-electron chi connectivity index (χ0n) is 7.84. The molecule has 0 saturated carbocycles. The molecule has 0 aliphatic heterocycles. The van der Waals surface area contributed by atoms with Crippen molar-refractivity contribution in [2.45, 2.75) is 6.10 Å². The number of carbonyl (C=O) groups excluding carboxylic acids is 1. The van der Waals surface area contributed by atoms with Crippen LogP contribution in [-0.2, 0) is 24.3 Å². The van der Waals surface area contributed by atoms with E-state index in [2.05, 4.69) is 4.74 Å². The second-order valence-electron chi connectivity index (χ2n) is 2.54.